The Kier molecular flexibility index (Phi) is 5.01. The molecule has 5 nitrogen and oxygen atoms in total. The smallest absolute Gasteiger partial charge is 0.355 e. The van der Waals surface area contributed by atoms with E-state index in [2.05, 4.69) is 4.98 Å². The summed E-state index contributed by atoms with van der Waals surface area (Å²) >= 11 is 0. The van der Waals surface area contributed by atoms with Crippen LogP contribution in [0, 0.1) is 0 Å². The number of carbonyl (C=O) groups excluding carboxylic acids is 2. The van der Waals surface area contributed by atoms with Crippen molar-refractivity contribution < 1.29 is 14.3 Å². The van der Waals surface area contributed by atoms with Crippen molar-refractivity contribution in [2.75, 3.05) is 19.7 Å². The van der Waals surface area contributed by atoms with Crippen LogP contribution >= 0.6 is 0 Å². The summed E-state index contributed by atoms with van der Waals surface area (Å²) < 4.78 is 5.01. The lowest BCUT2D eigenvalue weighted by Gasteiger charge is -2.24. The summed E-state index contributed by atoms with van der Waals surface area (Å²) in [4.78, 5) is 28.1. The number of aromatic amines is 1. The van der Waals surface area contributed by atoms with E-state index in [1.165, 1.54) is 19.3 Å². The lowest BCUT2D eigenvalue weighted by atomic mass is 10.1. The molecule has 1 amide bonds. The van der Waals surface area contributed by atoms with E-state index in [1.54, 1.807) is 23.2 Å². The van der Waals surface area contributed by atoms with Crippen LogP contribution in [0.4, 0.5) is 0 Å². The average molecular weight is 264 g/mol. The number of likely N-dealkylation sites (tertiary alicyclic amines) is 1. The second kappa shape index (κ2) is 6.97. The third-order valence-corrected chi connectivity index (χ3v) is 3.35. The molecule has 19 heavy (non-hydrogen) atoms. The van der Waals surface area contributed by atoms with Gasteiger partial charge in [-0.2, -0.15) is 0 Å². The van der Waals surface area contributed by atoms with Gasteiger partial charge in [-0.05, 0) is 25.0 Å². The molecule has 0 bridgehead atoms. The summed E-state index contributed by atoms with van der Waals surface area (Å²) in [6, 6.07) is 3.35. The molecule has 1 N–H and O–H groups in total. The van der Waals surface area contributed by atoms with Crippen LogP contribution in [0.5, 0.6) is 0 Å². The Morgan fingerprint density at radius 2 is 1.84 bits per heavy atom. The predicted octanol–water partition coefficient (Wildman–Crippen LogP) is 1.96. The molecular formula is C14H20N2O3. The molecule has 2 rings (SSSR count). The van der Waals surface area contributed by atoms with E-state index < -0.39 is 5.97 Å². The summed E-state index contributed by atoms with van der Waals surface area (Å²) in [7, 11) is 0. The van der Waals surface area contributed by atoms with Gasteiger partial charge in [0, 0.05) is 19.3 Å². The van der Waals surface area contributed by atoms with E-state index in [1.807, 2.05) is 0 Å². The van der Waals surface area contributed by atoms with Crippen LogP contribution in [0.15, 0.2) is 18.3 Å². The first kappa shape index (κ1) is 13.6. The molecule has 1 aliphatic heterocycles. The van der Waals surface area contributed by atoms with Crippen molar-refractivity contribution in [3.8, 4) is 0 Å². The van der Waals surface area contributed by atoms with Gasteiger partial charge in [0.25, 0.3) is 5.91 Å². The van der Waals surface area contributed by atoms with E-state index in [0.717, 1.165) is 25.9 Å². The van der Waals surface area contributed by atoms with E-state index in [-0.39, 0.29) is 12.5 Å². The minimum Gasteiger partial charge on any atom is -0.451 e. The summed E-state index contributed by atoms with van der Waals surface area (Å²) in [5, 5.41) is 0. The topological polar surface area (TPSA) is 62.4 Å². The van der Waals surface area contributed by atoms with Crippen molar-refractivity contribution in [1.29, 1.82) is 0 Å². The van der Waals surface area contributed by atoms with Crippen LogP contribution in [0.1, 0.15) is 42.6 Å². The minimum absolute atomic E-state index is 0.0955. The summed E-state index contributed by atoms with van der Waals surface area (Å²) in [5.41, 5.74) is 0.375. The maximum atomic E-state index is 12.0. The first-order valence-electron chi connectivity index (χ1n) is 6.85. The molecule has 1 aromatic heterocycles. The maximum Gasteiger partial charge on any atom is 0.355 e. The number of aromatic nitrogens is 1. The fourth-order valence-corrected chi connectivity index (χ4v) is 2.25. The first-order chi connectivity index (χ1) is 9.27. The molecule has 0 aromatic carbocycles. The van der Waals surface area contributed by atoms with Gasteiger partial charge in [0.1, 0.15) is 5.69 Å². The second-order valence-electron chi connectivity index (χ2n) is 4.81. The number of nitrogens with zero attached hydrogens (tertiary/aromatic N) is 1. The number of hydrogen-bond acceptors (Lipinski definition) is 3. The van der Waals surface area contributed by atoms with Gasteiger partial charge in [-0.25, -0.2) is 4.79 Å². The molecule has 0 radical (unpaired) electrons. The van der Waals surface area contributed by atoms with Gasteiger partial charge >= 0.3 is 5.97 Å². The zero-order valence-corrected chi connectivity index (χ0v) is 11.1. The molecule has 2 heterocycles. The maximum absolute atomic E-state index is 12.0. The second-order valence-corrected chi connectivity index (χ2v) is 4.81. The van der Waals surface area contributed by atoms with Gasteiger partial charge in [0.2, 0.25) is 0 Å². The van der Waals surface area contributed by atoms with Crippen LogP contribution in [-0.2, 0) is 9.53 Å². The highest BCUT2D eigenvalue weighted by atomic mass is 16.5. The Morgan fingerprint density at radius 3 is 2.47 bits per heavy atom. The van der Waals surface area contributed by atoms with Gasteiger partial charge in [0.15, 0.2) is 6.61 Å². The average Bonchev–Trinajstić information content (AvgIpc) is 2.89. The third-order valence-electron chi connectivity index (χ3n) is 3.35. The lowest BCUT2D eigenvalue weighted by molar-refractivity contribution is -0.134. The Labute approximate surface area is 112 Å². The Bertz CT molecular complexity index is 406. The van der Waals surface area contributed by atoms with Gasteiger partial charge in [-0.3, -0.25) is 4.79 Å². The van der Waals surface area contributed by atoms with E-state index in [0.29, 0.717) is 5.69 Å². The minimum atomic E-state index is -0.481. The fraction of sp³-hybridized carbons (Fsp3) is 0.571. The monoisotopic (exact) mass is 264 g/mol. The van der Waals surface area contributed by atoms with Crippen molar-refractivity contribution >= 4 is 11.9 Å². The first-order valence-corrected chi connectivity index (χ1v) is 6.85. The van der Waals surface area contributed by atoms with Crippen molar-refractivity contribution in [3.05, 3.63) is 24.0 Å². The summed E-state index contributed by atoms with van der Waals surface area (Å²) in [6.45, 7) is 1.38. The van der Waals surface area contributed by atoms with Crippen LogP contribution in [0.2, 0.25) is 0 Å². The number of nitrogens with one attached hydrogen (secondary N) is 1. The van der Waals surface area contributed by atoms with Crippen LogP contribution in [-0.4, -0.2) is 41.5 Å². The number of carbonyl (C=O) groups is 2. The Morgan fingerprint density at radius 1 is 1.16 bits per heavy atom. The summed E-state index contributed by atoms with van der Waals surface area (Å²) in [5.74, 6) is -0.577. The van der Waals surface area contributed by atoms with E-state index in [4.69, 9.17) is 4.74 Å². The Balaban J connectivity index is 1.78. The molecular weight excluding hydrogens is 244 g/mol. The van der Waals surface area contributed by atoms with Crippen LogP contribution in [0.3, 0.4) is 0 Å². The highest BCUT2D eigenvalue weighted by molar-refractivity contribution is 5.89. The van der Waals surface area contributed by atoms with E-state index in [9.17, 15) is 9.59 Å². The quantitative estimate of drug-likeness (QED) is 0.849. The molecule has 0 spiro atoms. The molecule has 1 fully saturated rings. The molecule has 104 valence electrons. The number of amides is 1. The van der Waals surface area contributed by atoms with Crippen molar-refractivity contribution in [2.45, 2.75) is 32.1 Å². The number of hydrogen-bond donors (Lipinski definition) is 1. The van der Waals surface area contributed by atoms with Crippen LogP contribution in [0.25, 0.3) is 0 Å². The van der Waals surface area contributed by atoms with Gasteiger partial charge in [-0.15, -0.1) is 0 Å². The molecule has 1 saturated heterocycles. The normalized spacial score (nSPS) is 16.5. The summed E-state index contributed by atoms with van der Waals surface area (Å²) in [6.07, 6.45) is 7.32. The molecule has 5 heteroatoms. The van der Waals surface area contributed by atoms with Crippen molar-refractivity contribution in [3.63, 3.8) is 0 Å². The van der Waals surface area contributed by atoms with Gasteiger partial charge in [-0.1, -0.05) is 19.3 Å². The zero-order chi connectivity index (χ0) is 13.5. The fourth-order valence-electron chi connectivity index (χ4n) is 2.25. The number of rotatable bonds is 3. The molecule has 1 aromatic rings. The predicted molar refractivity (Wildman–Crippen MR) is 70.7 cm³/mol. The molecule has 0 atom stereocenters. The molecule has 0 saturated carbocycles. The van der Waals surface area contributed by atoms with Gasteiger partial charge in [0.05, 0.1) is 0 Å². The van der Waals surface area contributed by atoms with Gasteiger partial charge < -0.3 is 14.6 Å². The Hall–Kier alpha value is -1.78. The van der Waals surface area contributed by atoms with Crippen molar-refractivity contribution in [2.24, 2.45) is 0 Å². The molecule has 0 unspecified atom stereocenters. The van der Waals surface area contributed by atoms with E-state index >= 15 is 0 Å². The lowest BCUT2D eigenvalue weighted by Crippen LogP contribution is -2.36. The number of ether oxygens (including phenoxy) is 1. The third kappa shape index (κ3) is 4.12. The molecule has 1 aliphatic rings. The highest BCUT2D eigenvalue weighted by Gasteiger charge is 2.17. The number of esters is 1. The SMILES string of the molecule is O=C(OCC(=O)N1CCCCCCC1)c1ccc[nH]1. The molecule has 0 aliphatic carbocycles. The van der Waals surface area contributed by atoms with Crippen molar-refractivity contribution in [1.82, 2.24) is 9.88 Å². The number of H-pyrrole nitrogens is 1. The highest BCUT2D eigenvalue weighted by Crippen LogP contribution is 2.10. The largest absolute Gasteiger partial charge is 0.451 e. The zero-order valence-electron chi connectivity index (χ0n) is 11.1. The standard InChI is InChI=1S/C14H20N2O3/c17-13(16-9-4-2-1-3-5-10-16)11-19-14(18)12-7-6-8-15-12/h6-8,15H,1-5,9-11H2. The van der Waals surface area contributed by atoms with Crippen LogP contribution < -0.4 is 0 Å².